The Balaban J connectivity index is 2.07. The first-order valence-corrected chi connectivity index (χ1v) is 10.3. The summed E-state index contributed by atoms with van der Waals surface area (Å²) in [7, 11) is 0. The van der Waals surface area contributed by atoms with Crippen molar-refractivity contribution in [2.24, 2.45) is 0 Å². The molecule has 0 radical (unpaired) electrons. The molecule has 0 aliphatic rings. The summed E-state index contributed by atoms with van der Waals surface area (Å²) in [5.41, 5.74) is 9.44. The summed E-state index contributed by atoms with van der Waals surface area (Å²) in [6, 6.07) is 17.5. The highest BCUT2D eigenvalue weighted by Gasteiger charge is 2.17. The Labute approximate surface area is 176 Å². The molecule has 0 aromatic heterocycles. The van der Waals surface area contributed by atoms with Crippen molar-refractivity contribution in [1.82, 2.24) is 0 Å². The molecule has 3 N–H and O–H groups in total. The summed E-state index contributed by atoms with van der Waals surface area (Å²) in [5.74, 6) is 1.83. The third kappa shape index (κ3) is 4.66. The molecule has 27 heavy (non-hydrogen) atoms. The van der Waals surface area contributed by atoms with Crippen LogP contribution in [0.3, 0.4) is 0 Å². The number of anilines is 1. The quantitative estimate of drug-likeness (QED) is 0.378. The Kier molecular flexibility index (Phi) is 6.12. The zero-order valence-electron chi connectivity index (χ0n) is 15.2. The van der Waals surface area contributed by atoms with E-state index in [1.165, 1.54) is 0 Å². The molecule has 140 valence electrons. The van der Waals surface area contributed by atoms with Crippen molar-refractivity contribution in [3.05, 3.63) is 80.2 Å². The number of phenols is 1. The van der Waals surface area contributed by atoms with Crippen molar-refractivity contribution in [3.8, 4) is 17.2 Å². The van der Waals surface area contributed by atoms with E-state index in [4.69, 9.17) is 10.5 Å². The molecule has 3 nitrogen and oxygen atoms in total. The van der Waals surface area contributed by atoms with Crippen LogP contribution in [0.2, 0.25) is 0 Å². The van der Waals surface area contributed by atoms with Gasteiger partial charge >= 0.3 is 0 Å². The zero-order chi connectivity index (χ0) is 19.6. The van der Waals surface area contributed by atoms with Crippen LogP contribution in [0.25, 0.3) is 0 Å². The van der Waals surface area contributed by atoms with Gasteiger partial charge in [-0.2, -0.15) is 0 Å². The first kappa shape index (κ1) is 19.8. The summed E-state index contributed by atoms with van der Waals surface area (Å²) in [5, 5.41) is 10.5. The minimum Gasteiger partial charge on any atom is -0.508 e. The Morgan fingerprint density at radius 2 is 1.63 bits per heavy atom. The van der Waals surface area contributed by atoms with Crippen LogP contribution in [0.4, 0.5) is 5.69 Å². The van der Waals surface area contributed by atoms with E-state index < -0.39 is 0 Å². The summed E-state index contributed by atoms with van der Waals surface area (Å²) >= 11 is 7.05. The molecule has 0 saturated heterocycles. The third-order valence-electron chi connectivity index (χ3n) is 4.30. The van der Waals surface area contributed by atoms with E-state index in [0.29, 0.717) is 29.4 Å². The Hall–Kier alpha value is -1.98. The second-order valence-electron chi connectivity index (χ2n) is 6.75. The van der Waals surface area contributed by atoms with E-state index in [9.17, 15) is 5.11 Å². The number of aromatic hydroxyl groups is 1. The lowest BCUT2D eigenvalue weighted by Gasteiger charge is -2.18. The van der Waals surface area contributed by atoms with Crippen LogP contribution in [0.15, 0.2) is 63.5 Å². The summed E-state index contributed by atoms with van der Waals surface area (Å²) in [6.07, 6.45) is 0.659. The third-order valence-corrected chi connectivity index (χ3v) is 5.48. The molecule has 0 unspecified atom stereocenters. The number of ether oxygens (including phenoxy) is 1. The molecular weight excluding hydrogens is 470 g/mol. The number of rotatable bonds is 5. The zero-order valence-corrected chi connectivity index (χ0v) is 18.3. The minimum atomic E-state index is 0.177. The lowest BCUT2D eigenvalue weighted by atomic mass is 9.96. The van der Waals surface area contributed by atoms with Gasteiger partial charge in [-0.05, 0) is 67.6 Å². The van der Waals surface area contributed by atoms with Gasteiger partial charge in [0, 0.05) is 23.2 Å². The maximum atomic E-state index is 10.5. The molecule has 0 atom stereocenters. The van der Waals surface area contributed by atoms with Crippen LogP contribution in [0.1, 0.15) is 36.5 Å². The van der Waals surface area contributed by atoms with Crippen LogP contribution in [0.5, 0.6) is 17.2 Å². The van der Waals surface area contributed by atoms with Gasteiger partial charge in [-0.3, -0.25) is 0 Å². The molecule has 0 spiro atoms. The fourth-order valence-corrected chi connectivity index (χ4v) is 4.31. The molecule has 3 aromatic carbocycles. The molecule has 0 bridgehead atoms. The van der Waals surface area contributed by atoms with Crippen molar-refractivity contribution in [1.29, 1.82) is 0 Å². The highest BCUT2D eigenvalue weighted by molar-refractivity contribution is 9.11. The number of benzene rings is 3. The fraction of sp³-hybridized carbons (Fsp3) is 0.182. The van der Waals surface area contributed by atoms with Crippen LogP contribution in [-0.4, -0.2) is 5.11 Å². The average molecular weight is 491 g/mol. The first-order chi connectivity index (χ1) is 12.8. The molecule has 0 heterocycles. The number of nitrogens with two attached hydrogens (primary N) is 1. The highest BCUT2D eigenvalue weighted by atomic mass is 79.9. The fourth-order valence-electron chi connectivity index (χ4n) is 2.93. The van der Waals surface area contributed by atoms with E-state index in [1.54, 1.807) is 18.2 Å². The van der Waals surface area contributed by atoms with E-state index in [1.807, 2.05) is 38.1 Å². The van der Waals surface area contributed by atoms with E-state index in [-0.39, 0.29) is 5.92 Å². The van der Waals surface area contributed by atoms with Gasteiger partial charge in [-0.15, -0.1) is 0 Å². The van der Waals surface area contributed by atoms with Crippen molar-refractivity contribution in [2.45, 2.75) is 26.2 Å². The maximum Gasteiger partial charge on any atom is 0.155 e. The van der Waals surface area contributed by atoms with Gasteiger partial charge in [0.25, 0.3) is 0 Å². The highest BCUT2D eigenvalue weighted by Crippen LogP contribution is 2.42. The second kappa shape index (κ2) is 8.36. The molecule has 3 aromatic rings. The molecule has 0 fully saturated rings. The lowest BCUT2D eigenvalue weighted by Crippen LogP contribution is -1.99. The van der Waals surface area contributed by atoms with Crippen molar-refractivity contribution < 1.29 is 9.84 Å². The van der Waals surface area contributed by atoms with Crippen molar-refractivity contribution in [3.63, 3.8) is 0 Å². The Bertz CT molecular complexity index is 933. The standard InChI is InChI=1S/C22H21Br2NO2/c1-13(2)17-12-21(27-22-18(23)10-16(25)11-19(22)24)15(9-20(17)26)8-14-6-4-3-5-7-14/h3-7,9-13,26H,8,25H2,1-2H3. The molecule has 0 aliphatic heterocycles. The van der Waals surface area contributed by atoms with Gasteiger partial charge in [0.05, 0.1) is 8.95 Å². The maximum absolute atomic E-state index is 10.5. The topological polar surface area (TPSA) is 55.5 Å². The number of phenolic OH excluding ortho intramolecular Hbond substituents is 1. The summed E-state index contributed by atoms with van der Waals surface area (Å²) < 4.78 is 7.81. The normalized spacial score (nSPS) is 11.0. The van der Waals surface area contributed by atoms with E-state index >= 15 is 0 Å². The van der Waals surface area contributed by atoms with Gasteiger partial charge in [0.1, 0.15) is 11.5 Å². The summed E-state index contributed by atoms with van der Waals surface area (Å²) in [4.78, 5) is 0. The Morgan fingerprint density at radius 3 is 2.22 bits per heavy atom. The number of hydrogen-bond acceptors (Lipinski definition) is 3. The largest absolute Gasteiger partial charge is 0.508 e. The monoisotopic (exact) mass is 489 g/mol. The predicted molar refractivity (Wildman–Crippen MR) is 118 cm³/mol. The van der Waals surface area contributed by atoms with Gasteiger partial charge in [0.15, 0.2) is 5.75 Å². The molecule has 0 saturated carbocycles. The second-order valence-corrected chi connectivity index (χ2v) is 8.46. The Morgan fingerprint density at radius 1 is 1.00 bits per heavy atom. The molecular formula is C22H21Br2NO2. The predicted octanol–water partition coefficient (Wildman–Crippen LogP) is 7.01. The molecule has 3 rings (SSSR count). The van der Waals surface area contributed by atoms with Crippen molar-refractivity contribution >= 4 is 37.5 Å². The van der Waals surface area contributed by atoms with Gasteiger partial charge < -0.3 is 15.6 Å². The van der Waals surface area contributed by atoms with Crippen molar-refractivity contribution in [2.75, 3.05) is 5.73 Å². The number of hydrogen-bond donors (Lipinski definition) is 2. The smallest absolute Gasteiger partial charge is 0.155 e. The average Bonchev–Trinajstić information content (AvgIpc) is 2.60. The van der Waals surface area contributed by atoms with E-state index in [2.05, 4.69) is 44.0 Å². The van der Waals surface area contributed by atoms with Crippen LogP contribution < -0.4 is 10.5 Å². The molecule has 5 heteroatoms. The first-order valence-electron chi connectivity index (χ1n) is 8.67. The lowest BCUT2D eigenvalue weighted by molar-refractivity contribution is 0.449. The molecule has 0 amide bonds. The number of halogens is 2. The van der Waals surface area contributed by atoms with Gasteiger partial charge in [-0.1, -0.05) is 44.2 Å². The van der Waals surface area contributed by atoms with Crippen LogP contribution in [0, 0.1) is 0 Å². The van der Waals surface area contributed by atoms with Gasteiger partial charge in [-0.25, -0.2) is 0 Å². The van der Waals surface area contributed by atoms with Gasteiger partial charge in [0.2, 0.25) is 0 Å². The van der Waals surface area contributed by atoms with E-state index in [0.717, 1.165) is 25.6 Å². The van der Waals surface area contributed by atoms with Crippen LogP contribution >= 0.6 is 31.9 Å². The SMILES string of the molecule is CC(C)c1cc(Oc2c(Br)cc(N)cc2Br)c(Cc2ccccc2)cc1O. The number of nitrogen functional groups attached to an aromatic ring is 1. The summed E-state index contributed by atoms with van der Waals surface area (Å²) in [6.45, 7) is 4.09. The molecule has 0 aliphatic carbocycles. The minimum absolute atomic E-state index is 0.177. The van der Waals surface area contributed by atoms with Crippen LogP contribution in [-0.2, 0) is 6.42 Å².